The number of hydrogen-bond acceptors (Lipinski definition) is 4. The van der Waals surface area contributed by atoms with Crippen LogP contribution in [0.5, 0.6) is 0 Å². The van der Waals surface area contributed by atoms with E-state index in [2.05, 4.69) is 15.5 Å². The number of aryl methyl sites for hydroxylation is 1. The average molecular weight is 257 g/mol. The van der Waals surface area contributed by atoms with Crippen molar-refractivity contribution >= 4 is 11.6 Å². The summed E-state index contributed by atoms with van der Waals surface area (Å²) in [5, 5.41) is 6.67. The lowest BCUT2D eigenvalue weighted by Crippen LogP contribution is -2.27. The van der Waals surface area contributed by atoms with Crippen molar-refractivity contribution < 1.29 is 9.32 Å². The molecule has 0 saturated heterocycles. The first kappa shape index (κ1) is 11.9. The van der Waals surface area contributed by atoms with Crippen LogP contribution in [0.2, 0.25) is 0 Å². The number of amides is 1. The highest BCUT2D eigenvalue weighted by Crippen LogP contribution is 2.28. The maximum Gasteiger partial charge on any atom is 0.257 e. The summed E-state index contributed by atoms with van der Waals surface area (Å²) < 4.78 is 5.09. The summed E-state index contributed by atoms with van der Waals surface area (Å²) in [7, 11) is 0. The Hall–Kier alpha value is -2.17. The number of carbonyl (C=O) groups excluding carboxylic acids is 1. The molecule has 1 saturated carbocycles. The molecule has 0 spiro atoms. The van der Waals surface area contributed by atoms with Crippen molar-refractivity contribution in [3.63, 3.8) is 0 Å². The second-order valence-electron chi connectivity index (χ2n) is 4.84. The van der Waals surface area contributed by atoms with Crippen LogP contribution in [0, 0.1) is 12.8 Å². The molecule has 1 aromatic heterocycles. The van der Waals surface area contributed by atoms with Crippen LogP contribution in [0.4, 0.5) is 5.69 Å². The van der Waals surface area contributed by atoms with Gasteiger partial charge in [-0.15, -0.1) is 0 Å². The highest BCUT2D eigenvalue weighted by molar-refractivity contribution is 5.93. The maximum atomic E-state index is 11.8. The summed E-state index contributed by atoms with van der Waals surface area (Å²) in [5.74, 6) is 1.41. The molecule has 1 aliphatic rings. The molecule has 0 atom stereocenters. The molecule has 1 aliphatic carbocycles. The summed E-state index contributed by atoms with van der Waals surface area (Å²) in [6.07, 6.45) is 3.17. The van der Waals surface area contributed by atoms with E-state index in [0.29, 0.717) is 11.7 Å². The van der Waals surface area contributed by atoms with Crippen LogP contribution in [0.15, 0.2) is 28.8 Å². The van der Waals surface area contributed by atoms with E-state index in [1.165, 1.54) is 0 Å². The zero-order chi connectivity index (χ0) is 13.2. The number of rotatable bonds is 3. The number of aromatic nitrogens is 2. The molecule has 0 bridgehead atoms. The van der Waals surface area contributed by atoms with Gasteiger partial charge in [-0.1, -0.05) is 11.6 Å². The second kappa shape index (κ2) is 4.84. The molecular formula is C14H15N3O2. The zero-order valence-electron chi connectivity index (χ0n) is 10.7. The predicted octanol–water partition coefficient (Wildman–Crippen LogP) is 2.78. The monoisotopic (exact) mass is 257 g/mol. The van der Waals surface area contributed by atoms with Crippen molar-refractivity contribution in [2.75, 3.05) is 5.32 Å². The van der Waals surface area contributed by atoms with E-state index in [1.807, 2.05) is 24.3 Å². The molecular weight excluding hydrogens is 242 g/mol. The number of hydrogen-bond donors (Lipinski definition) is 1. The fraction of sp³-hybridized carbons (Fsp3) is 0.357. The van der Waals surface area contributed by atoms with Gasteiger partial charge in [0, 0.05) is 17.2 Å². The van der Waals surface area contributed by atoms with Crippen LogP contribution >= 0.6 is 0 Å². The van der Waals surface area contributed by atoms with Gasteiger partial charge < -0.3 is 9.84 Å². The van der Waals surface area contributed by atoms with Crippen LogP contribution in [0.1, 0.15) is 25.1 Å². The molecule has 1 aromatic carbocycles. The molecule has 1 N–H and O–H groups in total. The molecule has 1 fully saturated rings. The second-order valence-corrected chi connectivity index (χ2v) is 4.84. The SMILES string of the molecule is Cc1noc(-c2ccc(NC(=O)C3CCC3)cc2)n1. The van der Waals surface area contributed by atoms with Crippen LogP contribution < -0.4 is 5.32 Å². The summed E-state index contributed by atoms with van der Waals surface area (Å²) in [6.45, 7) is 1.78. The lowest BCUT2D eigenvalue weighted by Gasteiger charge is -2.24. The molecule has 1 heterocycles. The normalized spacial score (nSPS) is 15.0. The molecule has 98 valence electrons. The Morgan fingerprint density at radius 2 is 2.05 bits per heavy atom. The molecule has 2 aromatic rings. The topological polar surface area (TPSA) is 68.0 Å². The van der Waals surface area contributed by atoms with Crippen molar-refractivity contribution in [1.82, 2.24) is 10.1 Å². The van der Waals surface area contributed by atoms with Crippen molar-refractivity contribution in [2.45, 2.75) is 26.2 Å². The summed E-state index contributed by atoms with van der Waals surface area (Å²) in [5.41, 5.74) is 1.65. The third-order valence-corrected chi connectivity index (χ3v) is 3.40. The molecule has 5 heteroatoms. The highest BCUT2D eigenvalue weighted by atomic mass is 16.5. The Morgan fingerprint density at radius 3 is 2.58 bits per heavy atom. The van der Waals surface area contributed by atoms with E-state index < -0.39 is 0 Å². The Bertz CT molecular complexity index is 585. The van der Waals surface area contributed by atoms with Gasteiger partial charge >= 0.3 is 0 Å². The van der Waals surface area contributed by atoms with Gasteiger partial charge in [-0.3, -0.25) is 4.79 Å². The van der Waals surface area contributed by atoms with E-state index in [4.69, 9.17) is 4.52 Å². The van der Waals surface area contributed by atoms with Gasteiger partial charge in [-0.05, 0) is 44.0 Å². The quantitative estimate of drug-likeness (QED) is 0.918. The first-order valence-corrected chi connectivity index (χ1v) is 6.44. The first-order valence-electron chi connectivity index (χ1n) is 6.44. The van der Waals surface area contributed by atoms with E-state index >= 15 is 0 Å². The molecule has 3 rings (SSSR count). The minimum Gasteiger partial charge on any atom is -0.334 e. The number of carbonyl (C=O) groups is 1. The van der Waals surface area contributed by atoms with Crippen molar-refractivity contribution in [3.05, 3.63) is 30.1 Å². The third-order valence-electron chi connectivity index (χ3n) is 3.40. The molecule has 0 unspecified atom stereocenters. The number of benzene rings is 1. The van der Waals surface area contributed by atoms with E-state index in [0.717, 1.165) is 30.5 Å². The number of anilines is 1. The molecule has 19 heavy (non-hydrogen) atoms. The number of nitrogens with one attached hydrogen (secondary N) is 1. The van der Waals surface area contributed by atoms with E-state index in [9.17, 15) is 4.79 Å². The van der Waals surface area contributed by atoms with Gasteiger partial charge in [0.05, 0.1) is 0 Å². The Kier molecular flexibility index (Phi) is 3.03. The fourth-order valence-electron chi connectivity index (χ4n) is 2.03. The largest absolute Gasteiger partial charge is 0.334 e. The van der Waals surface area contributed by atoms with Gasteiger partial charge in [0.1, 0.15) is 0 Å². The van der Waals surface area contributed by atoms with E-state index in [1.54, 1.807) is 6.92 Å². The van der Waals surface area contributed by atoms with Crippen molar-refractivity contribution in [1.29, 1.82) is 0 Å². The standard InChI is InChI=1S/C14H15N3O2/c1-9-15-14(19-17-9)11-5-7-12(8-6-11)16-13(18)10-3-2-4-10/h5-8,10H,2-4H2,1H3,(H,16,18). The van der Waals surface area contributed by atoms with E-state index in [-0.39, 0.29) is 11.8 Å². The predicted molar refractivity (Wildman–Crippen MR) is 70.4 cm³/mol. The highest BCUT2D eigenvalue weighted by Gasteiger charge is 2.25. The average Bonchev–Trinajstić information content (AvgIpc) is 2.74. The van der Waals surface area contributed by atoms with Crippen LogP contribution in [0.25, 0.3) is 11.5 Å². The third kappa shape index (κ3) is 2.50. The lowest BCUT2D eigenvalue weighted by molar-refractivity contribution is -0.122. The molecule has 0 aliphatic heterocycles. The zero-order valence-corrected chi connectivity index (χ0v) is 10.7. The van der Waals surface area contributed by atoms with Crippen LogP contribution in [-0.4, -0.2) is 16.0 Å². The minimum atomic E-state index is 0.118. The molecule has 5 nitrogen and oxygen atoms in total. The smallest absolute Gasteiger partial charge is 0.257 e. The van der Waals surface area contributed by atoms with Crippen LogP contribution in [0.3, 0.4) is 0 Å². The van der Waals surface area contributed by atoms with Gasteiger partial charge in [-0.2, -0.15) is 4.98 Å². The summed E-state index contributed by atoms with van der Waals surface area (Å²) in [4.78, 5) is 16.0. The Balaban J connectivity index is 1.70. The summed E-state index contributed by atoms with van der Waals surface area (Å²) >= 11 is 0. The fourth-order valence-corrected chi connectivity index (χ4v) is 2.03. The van der Waals surface area contributed by atoms with Crippen molar-refractivity contribution in [2.24, 2.45) is 5.92 Å². The Labute approximate surface area is 111 Å². The first-order chi connectivity index (χ1) is 9.22. The van der Waals surface area contributed by atoms with Gasteiger partial charge in [0.15, 0.2) is 5.82 Å². The Morgan fingerprint density at radius 1 is 1.32 bits per heavy atom. The summed E-state index contributed by atoms with van der Waals surface area (Å²) in [6, 6.07) is 7.43. The minimum absolute atomic E-state index is 0.118. The van der Waals surface area contributed by atoms with Crippen molar-refractivity contribution in [3.8, 4) is 11.5 Å². The number of nitrogens with zero attached hydrogens (tertiary/aromatic N) is 2. The lowest BCUT2D eigenvalue weighted by atomic mass is 9.85. The van der Waals surface area contributed by atoms with Gasteiger partial charge in [0.2, 0.25) is 5.91 Å². The maximum absolute atomic E-state index is 11.8. The van der Waals surface area contributed by atoms with Gasteiger partial charge in [0.25, 0.3) is 5.89 Å². The van der Waals surface area contributed by atoms with Gasteiger partial charge in [-0.25, -0.2) is 0 Å². The molecule has 0 radical (unpaired) electrons. The van der Waals surface area contributed by atoms with Crippen LogP contribution in [-0.2, 0) is 4.79 Å². The molecule has 1 amide bonds.